The summed E-state index contributed by atoms with van der Waals surface area (Å²) in [5.41, 5.74) is -2.27. The van der Waals surface area contributed by atoms with Gasteiger partial charge in [0.1, 0.15) is 0 Å². The third kappa shape index (κ3) is 5.33. The van der Waals surface area contributed by atoms with Gasteiger partial charge in [0.15, 0.2) is 25.5 Å². The van der Waals surface area contributed by atoms with Gasteiger partial charge in [-0.25, -0.2) is 17.6 Å². The van der Waals surface area contributed by atoms with Crippen LogP contribution in [-0.2, 0) is 21.4 Å². The Kier molecular flexibility index (Phi) is 7.32. The molecule has 0 aliphatic carbocycles. The Morgan fingerprint density at radius 1 is 1.13 bits per heavy atom. The van der Waals surface area contributed by atoms with Gasteiger partial charge in [-0.1, -0.05) is 32.9 Å². The van der Waals surface area contributed by atoms with Gasteiger partial charge in [-0.2, -0.15) is 0 Å². The number of rotatable bonds is 7. The van der Waals surface area contributed by atoms with Crippen LogP contribution in [0.3, 0.4) is 0 Å². The van der Waals surface area contributed by atoms with Crippen molar-refractivity contribution < 1.29 is 26.8 Å². The number of nitrogens with one attached hydrogen (secondary N) is 1. The van der Waals surface area contributed by atoms with E-state index >= 15 is 0 Å². The van der Waals surface area contributed by atoms with Crippen LogP contribution in [0, 0.1) is 11.6 Å². The number of carbonyl (C=O) groups excluding carboxylic acids is 1. The predicted molar refractivity (Wildman–Crippen MR) is 113 cm³/mol. The first-order valence-electron chi connectivity index (χ1n) is 9.82. The lowest BCUT2D eigenvalue weighted by atomic mass is 9.85. The van der Waals surface area contributed by atoms with Crippen LogP contribution in [0.2, 0.25) is 18.1 Å². The van der Waals surface area contributed by atoms with Crippen LogP contribution in [0.1, 0.15) is 44.5 Å². The minimum atomic E-state index is -3.18. The van der Waals surface area contributed by atoms with Crippen molar-refractivity contribution >= 4 is 14.2 Å². The predicted octanol–water partition coefficient (Wildman–Crippen LogP) is 5.53. The molecular weight excluding hydrogens is 428 g/mol. The standard InChI is InChI=1S/C22H28F4N2O2Si/c1-14(29)28-22(20(25)26,16-8-9-17(23)18(24)11-16)19-10-7-15(12-27-19)13-30-31(5,6)21(2,3)4/h7-12,20H,13H2,1-6H3,(H,28,29). The van der Waals surface area contributed by atoms with E-state index in [-0.39, 0.29) is 22.9 Å². The van der Waals surface area contributed by atoms with E-state index in [2.05, 4.69) is 44.2 Å². The Balaban J connectivity index is 2.45. The summed E-state index contributed by atoms with van der Waals surface area (Å²) in [6.45, 7) is 11.8. The Labute approximate surface area is 181 Å². The van der Waals surface area contributed by atoms with E-state index in [0.717, 1.165) is 19.1 Å². The fourth-order valence-corrected chi connectivity index (χ4v) is 3.78. The maximum Gasteiger partial charge on any atom is 0.271 e. The van der Waals surface area contributed by atoms with Crippen molar-refractivity contribution in [1.82, 2.24) is 10.3 Å². The molecule has 1 heterocycles. The fourth-order valence-electron chi connectivity index (χ4n) is 2.82. The first-order valence-corrected chi connectivity index (χ1v) is 12.7. The summed E-state index contributed by atoms with van der Waals surface area (Å²) in [5.74, 6) is -3.25. The highest BCUT2D eigenvalue weighted by atomic mass is 28.4. The molecule has 1 aromatic carbocycles. The van der Waals surface area contributed by atoms with Crippen LogP contribution in [-0.4, -0.2) is 25.6 Å². The smallest absolute Gasteiger partial charge is 0.271 e. The van der Waals surface area contributed by atoms with E-state index in [1.54, 1.807) is 6.07 Å². The zero-order chi connectivity index (χ0) is 23.6. The monoisotopic (exact) mass is 456 g/mol. The Morgan fingerprint density at radius 3 is 2.23 bits per heavy atom. The average Bonchev–Trinajstić information content (AvgIpc) is 2.66. The molecule has 1 amide bonds. The van der Waals surface area contributed by atoms with E-state index in [1.807, 2.05) is 0 Å². The highest BCUT2D eigenvalue weighted by Gasteiger charge is 2.46. The number of benzene rings is 1. The van der Waals surface area contributed by atoms with Gasteiger partial charge < -0.3 is 9.74 Å². The molecule has 0 aliphatic rings. The summed E-state index contributed by atoms with van der Waals surface area (Å²) < 4.78 is 62.1. The summed E-state index contributed by atoms with van der Waals surface area (Å²) in [7, 11) is -2.02. The van der Waals surface area contributed by atoms with Crippen molar-refractivity contribution in [3.05, 3.63) is 65.0 Å². The number of carbonyl (C=O) groups is 1. The average molecular weight is 457 g/mol. The number of hydrogen-bond acceptors (Lipinski definition) is 3. The lowest BCUT2D eigenvalue weighted by Crippen LogP contribution is -2.52. The molecule has 0 saturated heterocycles. The summed E-state index contributed by atoms with van der Waals surface area (Å²) in [6, 6.07) is 5.32. The van der Waals surface area contributed by atoms with Crippen molar-refractivity contribution in [2.24, 2.45) is 0 Å². The minimum Gasteiger partial charge on any atom is -0.413 e. The molecule has 1 aromatic heterocycles. The van der Waals surface area contributed by atoms with Crippen molar-refractivity contribution in [2.45, 2.75) is 64.4 Å². The zero-order valence-electron chi connectivity index (χ0n) is 18.5. The van der Waals surface area contributed by atoms with Gasteiger partial charge in [0, 0.05) is 13.1 Å². The van der Waals surface area contributed by atoms with E-state index in [0.29, 0.717) is 11.6 Å². The molecule has 0 radical (unpaired) electrons. The summed E-state index contributed by atoms with van der Waals surface area (Å²) in [4.78, 5) is 15.9. The second-order valence-corrected chi connectivity index (χ2v) is 13.8. The zero-order valence-corrected chi connectivity index (χ0v) is 19.5. The van der Waals surface area contributed by atoms with Gasteiger partial charge in [0.25, 0.3) is 6.43 Å². The minimum absolute atomic E-state index is 0.00324. The lowest BCUT2D eigenvalue weighted by Gasteiger charge is -2.36. The van der Waals surface area contributed by atoms with Gasteiger partial charge in [-0.3, -0.25) is 9.78 Å². The van der Waals surface area contributed by atoms with Gasteiger partial charge in [0.2, 0.25) is 5.91 Å². The largest absolute Gasteiger partial charge is 0.413 e. The fraction of sp³-hybridized carbons (Fsp3) is 0.455. The molecular formula is C22H28F4N2O2Si. The third-order valence-electron chi connectivity index (χ3n) is 5.71. The third-order valence-corrected chi connectivity index (χ3v) is 10.2. The topological polar surface area (TPSA) is 51.2 Å². The highest BCUT2D eigenvalue weighted by Crippen LogP contribution is 2.38. The molecule has 1 atom stereocenters. The highest BCUT2D eigenvalue weighted by molar-refractivity contribution is 6.74. The molecule has 2 aromatic rings. The van der Waals surface area contributed by atoms with Gasteiger partial charge in [0.05, 0.1) is 12.3 Å². The molecule has 0 saturated carbocycles. The second-order valence-electron chi connectivity index (χ2n) is 9.02. The van der Waals surface area contributed by atoms with Gasteiger partial charge in [-0.05, 0) is 47.5 Å². The number of pyridine rings is 1. The first-order chi connectivity index (χ1) is 14.2. The Morgan fingerprint density at radius 2 is 1.77 bits per heavy atom. The first kappa shape index (κ1) is 25.0. The second kappa shape index (κ2) is 9.08. The van der Waals surface area contributed by atoms with Crippen LogP contribution >= 0.6 is 0 Å². The quantitative estimate of drug-likeness (QED) is 0.441. The maximum atomic E-state index is 14.4. The van der Waals surface area contributed by atoms with Gasteiger partial charge in [-0.15, -0.1) is 0 Å². The molecule has 0 spiro atoms. The normalized spacial score (nSPS) is 14.4. The van der Waals surface area contributed by atoms with E-state index in [9.17, 15) is 22.4 Å². The number of nitrogens with zero attached hydrogens (tertiary/aromatic N) is 1. The molecule has 31 heavy (non-hydrogen) atoms. The van der Waals surface area contributed by atoms with Crippen molar-refractivity contribution in [2.75, 3.05) is 0 Å². The van der Waals surface area contributed by atoms with Gasteiger partial charge >= 0.3 is 0 Å². The molecule has 170 valence electrons. The number of halogens is 4. The molecule has 0 bridgehead atoms. The summed E-state index contributed by atoms with van der Waals surface area (Å²) >= 11 is 0. The van der Waals surface area contributed by atoms with Crippen LogP contribution in [0.15, 0.2) is 36.5 Å². The van der Waals surface area contributed by atoms with Crippen LogP contribution in [0.25, 0.3) is 0 Å². The van der Waals surface area contributed by atoms with Crippen molar-refractivity contribution in [1.29, 1.82) is 0 Å². The molecule has 4 nitrogen and oxygen atoms in total. The molecule has 1 unspecified atom stereocenters. The molecule has 0 aliphatic heterocycles. The maximum absolute atomic E-state index is 14.4. The molecule has 1 N–H and O–H groups in total. The van der Waals surface area contributed by atoms with Crippen molar-refractivity contribution in [3.63, 3.8) is 0 Å². The molecule has 2 rings (SSSR count). The van der Waals surface area contributed by atoms with E-state index in [4.69, 9.17) is 4.43 Å². The summed E-state index contributed by atoms with van der Waals surface area (Å²) in [6.07, 6.45) is -1.79. The lowest BCUT2D eigenvalue weighted by molar-refractivity contribution is -0.122. The Bertz CT molecular complexity index is 930. The molecule has 9 heteroatoms. The van der Waals surface area contributed by atoms with Crippen LogP contribution < -0.4 is 5.32 Å². The van der Waals surface area contributed by atoms with E-state index in [1.165, 1.54) is 12.3 Å². The summed E-state index contributed by atoms with van der Waals surface area (Å²) in [5, 5.41) is 2.21. The number of hydrogen-bond donors (Lipinski definition) is 1. The number of alkyl halides is 2. The van der Waals surface area contributed by atoms with Crippen LogP contribution in [0.5, 0.6) is 0 Å². The number of amides is 1. The van der Waals surface area contributed by atoms with Crippen LogP contribution in [0.4, 0.5) is 17.6 Å². The Hall–Kier alpha value is -2.26. The van der Waals surface area contributed by atoms with E-state index < -0.39 is 37.8 Å². The molecule has 0 fully saturated rings. The SMILES string of the molecule is CC(=O)NC(c1ccc(F)c(F)c1)(c1ccc(CO[Si](C)(C)C(C)(C)C)cn1)C(F)F. The van der Waals surface area contributed by atoms with Crippen molar-refractivity contribution in [3.8, 4) is 0 Å². The number of aromatic nitrogens is 1.